The molecule has 0 radical (unpaired) electrons. The van der Waals surface area contributed by atoms with Crippen molar-refractivity contribution < 1.29 is 19.2 Å². The molecule has 0 amide bonds. The van der Waals surface area contributed by atoms with E-state index in [4.69, 9.17) is 9.47 Å². The molecule has 0 spiro atoms. The van der Waals surface area contributed by atoms with Crippen molar-refractivity contribution in [2.45, 2.75) is 46.1 Å². The van der Waals surface area contributed by atoms with Crippen molar-refractivity contribution in [3.05, 3.63) is 34.4 Å². The number of non-ortho nitro benzene ring substituents is 1. The molecule has 132 valence electrons. The quantitative estimate of drug-likeness (QED) is 0.446. The third-order valence-corrected chi connectivity index (χ3v) is 4.65. The first-order chi connectivity index (χ1) is 11.4. The van der Waals surface area contributed by atoms with Crippen molar-refractivity contribution in [3.63, 3.8) is 0 Å². The molecule has 6 heteroatoms. The summed E-state index contributed by atoms with van der Waals surface area (Å²) in [7, 11) is 0. The second kappa shape index (κ2) is 8.13. The molecule has 1 aromatic rings. The number of hydrogen-bond donors (Lipinski definition) is 0. The lowest BCUT2D eigenvalue weighted by Gasteiger charge is -2.36. The summed E-state index contributed by atoms with van der Waals surface area (Å²) in [6.45, 7) is 6.32. The molecule has 1 aliphatic rings. The molecular weight excluding hydrogens is 310 g/mol. The maximum Gasteiger partial charge on any atom is 0.344 e. The van der Waals surface area contributed by atoms with Crippen molar-refractivity contribution >= 4 is 11.7 Å². The molecule has 24 heavy (non-hydrogen) atoms. The molecule has 0 aromatic heterocycles. The standard InChI is InChI=1S/C18H25NO5/c1-12(2)16-9-4-13(3)10-17(16)24-18(20)11-23-15-7-5-14(6-8-15)19(21)22/h5-8,12-13,16-17H,4,9-11H2,1-3H3/t13-,16-,17-/m0/s1. The second-order valence-electron chi connectivity index (χ2n) is 6.89. The number of carbonyl (C=O) groups is 1. The van der Waals surface area contributed by atoms with Crippen LogP contribution in [0, 0.1) is 27.9 Å². The van der Waals surface area contributed by atoms with Crippen molar-refractivity contribution in [2.75, 3.05) is 6.61 Å². The Hall–Kier alpha value is -2.11. The van der Waals surface area contributed by atoms with E-state index < -0.39 is 10.9 Å². The van der Waals surface area contributed by atoms with Gasteiger partial charge in [-0.15, -0.1) is 0 Å². The number of nitrogens with zero attached hydrogens (tertiary/aromatic N) is 1. The van der Waals surface area contributed by atoms with Gasteiger partial charge >= 0.3 is 5.97 Å². The average Bonchev–Trinajstić information content (AvgIpc) is 2.53. The van der Waals surface area contributed by atoms with E-state index in [1.54, 1.807) is 0 Å². The van der Waals surface area contributed by atoms with Gasteiger partial charge in [-0.2, -0.15) is 0 Å². The largest absolute Gasteiger partial charge is 0.482 e. The Labute approximate surface area is 142 Å². The molecule has 1 fully saturated rings. The lowest BCUT2D eigenvalue weighted by molar-refractivity contribution is -0.384. The van der Waals surface area contributed by atoms with Crippen molar-refractivity contribution in [2.24, 2.45) is 17.8 Å². The van der Waals surface area contributed by atoms with Crippen LogP contribution in [0.2, 0.25) is 0 Å². The molecule has 0 unspecified atom stereocenters. The number of rotatable bonds is 6. The highest BCUT2D eigenvalue weighted by atomic mass is 16.6. The minimum Gasteiger partial charge on any atom is -0.482 e. The fourth-order valence-corrected chi connectivity index (χ4v) is 3.26. The SMILES string of the molecule is CC(C)[C@@H]1CC[C@H](C)C[C@@H]1OC(=O)COc1ccc([N+](=O)[O-])cc1. The molecule has 2 rings (SSSR count). The van der Waals surface area contributed by atoms with Crippen LogP contribution in [-0.4, -0.2) is 23.6 Å². The van der Waals surface area contributed by atoms with Gasteiger partial charge in [0.05, 0.1) is 4.92 Å². The molecule has 0 N–H and O–H groups in total. The fraction of sp³-hybridized carbons (Fsp3) is 0.611. The summed E-state index contributed by atoms with van der Waals surface area (Å²) < 4.78 is 11.0. The smallest absolute Gasteiger partial charge is 0.344 e. The van der Waals surface area contributed by atoms with Crippen molar-refractivity contribution in [1.29, 1.82) is 0 Å². The number of nitro benzene ring substituents is 1. The normalized spacial score (nSPS) is 23.8. The van der Waals surface area contributed by atoms with Crippen LogP contribution in [-0.2, 0) is 9.53 Å². The maximum absolute atomic E-state index is 12.1. The minimum absolute atomic E-state index is 0.0131. The van der Waals surface area contributed by atoms with Crippen LogP contribution < -0.4 is 4.74 Å². The Morgan fingerprint density at radius 3 is 2.54 bits per heavy atom. The van der Waals surface area contributed by atoms with Gasteiger partial charge in [0.2, 0.25) is 0 Å². The van der Waals surface area contributed by atoms with Gasteiger partial charge in [0, 0.05) is 12.1 Å². The molecule has 1 saturated carbocycles. The number of carbonyl (C=O) groups excluding carboxylic acids is 1. The summed E-state index contributed by atoms with van der Waals surface area (Å²) in [5.74, 6) is 1.46. The highest BCUT2D eigenvalue weighted by Gasteiger charge is 2.33. The molecule has 0 saturated heterocycles. The van der Waals surface area contributed by atoms with E-state index in [2.05, 4.69) is 20.8 Å². The third kappa shape index (κ3) is 4.94. The van der Waals surface area contributed by atoms with Gasteiger partial charge in [-0.1, -0.05) is 27.2 Å². The molecular formula is C18H25NO5. The van der Waals surface area contributed by atoms with E-state index >= 15 is 0 Å². The van der Waals surface area contributed by atoms with Gasteiger partial charge in [0.25, 0.3) is 5.69 Å². The van der Waals surface area contributed by atoms with Crippen molar-refractivity contribution in [1.82, 2.24) is 0 Å². The maximum atomic E-state index is 12.1. The van der Waals surface area contributed by atoms with E-state index in [0.717, 1.165) is 12.8 Å². The van der Waals surface area contributed by atoms with Gasteiger partial charge < -0.3 is 9.47 Å². The molecule has 0 aliphatic heterocycles. The van der Waals surface area contributed by atoms with Crippen LogP contribution in [0.3, 0.4) is 0 Å². The summed E-state index contributed by atoms with van der Waals surface area (Å²) in [4.78, 5) is 22.2. The Balaban J connectivity index is 1.86. The molecule has 1 aromatic carbocycles. The fourth-order valence-electron chi connectivity index (χ4n) is 3.26. The van der Waals surface area contributed by atoms with Gasteiger partial charge in [-0.05, 0) is 42.7 Å². The molecule has 1 aliphatic carbocycles. The molecule has 0 bridgehead atoms. The van der Waals surface area contributed by atoms with Gasteiger partial charge in [0.15, 0.2) is 6.61 Å². The van der Waals surface area contributed by atoms with Gasteiger partial charge in [-0.3, -0.25) is 10.1 Å². The Bertz CT molecular complexity index is 569. The average molecular weight is 335 g/mol. The zero-order valence-corrected chi connectivity index (χ0v) is 14.4. The van der Waals surface area contributed by atoms with E-state index in [0.29, 0.717) is 23.5 Å². The number of esters is 1. The molecule has 6 nitrogen and oxygen atoms in total. The van der Waals surface area contributed by atoms with Gasteiger partial charge in [-0.25, -0.2) is 4.79 Å². The monoisotopic (exact) mass is 335 g/mol. The highest BCUT2D eigenvalue weighted by Crippen LogP contribution is 2.35. The van der Waals surface area contributed by atoms with Crippen LogP contribution in [0.15, 0.2) is 24.3 Å². The van der Waals surface area contributed by atoms with Crippen LogP contribution in [0.25, 0.3) is 0 Å². The topological polar surface area (TPSA) is 78.7 Å². The molecule has 0 heterocycles. The van der Waals surface area contributed by atoms with Gasteiger partial charge in [0.1, 0.15) is 11.9 Å². The summed E-state index contributed by atoms with van der Waals surface area (Å²) in [6, 6.07) is 5.65. The highest BCUT2D eigenvalue weighted by molar-refractivity contribution is 5.71. The van der Waals surface area contributed by atoms with E-state index in [9.17, 15) is 14.9 Å². The van der Waals surface area contributed by atoms with Crippen LogP contribution in [0.5, 0.6) is 5.75 Å². The number of hydrogen-bond acceptors (Lipinski definition) is 5. The number of nitro groups is 1. The lowest BCUT2D eigenvalue weighted by atomic mass is 9.75. The van der Waals surface area contributed by atoms with E-state index in [1.807, 2.05) is 0 Å². The Morgan fingerprint density at radius 2 is 1.96 bits per heavy atom. The lowest BCUT2D eigenvalue weighted by Crippen LogP contribution is -2.36. The van der Waals surface area contributed by atoms with E-state index in [-0.39, 0.29) is 18.4 Å². The number of benzene rings is 1. The summed E-state index contributed by atoms with van der Waals surface area (Å²) in [5.41, 5.74) is -0.0131. The minimum atomic E-state index is -0.478. The first kappa shape index (κ1) is 18.2. The first-order valence-corrected chi connectivity index (χ1v) is 8.43. The first-order valence-electron chi connectivity index (χ1n) is 8.43. The number of ether oxygens (including phenoxy) is 2. The zero-order valence-electron chi connectivity index (χ0n) is 14.4. The summed E-state index contributed by atoms with van der Waals surface area (Å²) in [5, 5.41) is 10.6. The summed E-state index contributed by atoms with van der Waals surface area (Å²) >= 11 is 0. The Morgan fingerprint density at radius 1 is 1.29 bits per heavy atom. The van der Waals surface area contributed by atoms with Crippen LogP contribution >= 0.6 is 0 Å². The second-order valence-corrected chi connectivity index (χ2v) is 6.89. The predicted molar refractivity (Wildman–Crippen MR) is 89.8 cm³/mol. The summed E-state index contributed by atoms with van der Waals surface area (Å²) in [6.07, 6.45) is 3.10. The van der Waals surface area contributed by atoms with Crippen LogP contribution in [0.1, 0.15) is 40.0 Å². The van der Waals surface area contributed by atoms with Crippen LogP contribution in [0.4, 0.5) is 5.69 Å². The van der Waals surface area contributed by atoms with Crippen molar-refractivity contribution in [3.8, 4) is 5.75 Å². The van der Waals surface area contributed by atoms with E-state index in [1.165, 1.54) is 30.7 Å². The third-order valence-electron chi connectivity index (χ3n) is 4.65. The zero-order chi connectivity index (χ0) is 17.7. The molecule has 3 atom stereocenters. The predicted octanol–water partition coefficient (Wildman–Crippen LogP) is 3.98. The Kier molecular flexibility index (Phi) is 6.17.